The number of nitrogens with zero attached hydrogens (tertiary/aromatic N) is 3. The topological polar surface area (TPSA) is 82.2 Å². The van der Waals surface area contributed by atoms with Gasteiger partial charge in [0, 0.05) is 5.69 Å². The van der Waals surface area contributed by atoms with Gasteiger partial charge in [-0.25, -0.2) is 4.39 Å². The van der Waals surface area contributed by atoms with E-state index < -0.39 is 5.82 Å². The van der Waals surface area contributed by atoms with Gasteiger partial charge >= 0.3 is 0 Å². The SMILES string of the molecule is Cc1ccc(OCc2nnc(SCC(=O)Nc3ccc(F)c(Cl)c3)n2Cc2ccco2)cc1. The van der Waals surface area contributed by atoms with Crippen LogP contribution in [0.5, 0.6) is 5.75 Å². The van der Waals surface area contributed by atoms with Crippen molar-refractivity contribution in [2.24, 2.45) is 0 Å². The van der Waals surface area contributed by atoms with E-state index in [1.165, 1.54) is 30.0 Å². The molecule has 1 N–H and O–H groups in total. The van der Waals surface area contributed by atoms with Crippen molar-refractivity contribution in [1.82, 2.24) is 14.8 Å². The molecule has 0 saturated carbocycles. The quantitative estimate of drug-likeness (QED) is 0.322. The third-order valence-corrected chi connectivity index (χ3v) is 5.87. The minimum absolute atomic E-state index is 0.0585. The van der Waals surface area contributed by atoms with Gasteiger partial charge in [-0.2, -0.15) is 0 Å². The van der Waals surface area contributed by atoms with E-state index in [9.17, 15) is 9.18 Å². The first kappa shape index (κ1) is 22.9. The first-order valence-electron chi connectivity index (χ1n) is 9.99. The van der Waals surface area contributed by atoms with Gasteiger partial charge in [-0.15, -0.1) is 10.2 Å². The number of halogens is 2. The summed E-state index contributed by atoms with van der Waals surface area (Å²) >= 11 is 6.99. The number of hydrogen-bond donors (Lipinski definition) is 1. The van der Waals surface area contributed by atoms with E-state index in [-0.39, 0.29) is 23.3 Å². The molecule has 4 rings (SSSR count). The Bertz CT molecular complexity index is 1230. The van der Waals surface area contributed by atoms with Crippen LogP contribution in [0, 0.1) is 12.7 Å². The zero-order chi connectivity index (χ0) is 23.2. The molecule has 170 valence electrons. The third kappa shape index (κ3) is 6.15. The molecule has 2 aromatic heterocycles. The summed E-state index contributed by atoms with van der Waals surface area (Å²) in [5, 5.41) is 11.7. The second-order valence-corrected chi connectivity index (χ2v) is 8.48. The van der Waals surface area contributed by atoms with Crippen LogP contribution >= 0.6 is 23.4 Å². The highest BCUT2D eigenvalue weighted by Crippen LogP contribution is 2.23. The van der Waals surface area contributed by atoms with Gasteiger partial charge in [-0.05, 0) is 49.4 Å². The molecule has 2 aromatic carbocycles. The number of carbonyl (C=O) groups excluding carboxylic acids is 1. The molecule has 33 heavy (non-hydrogen) atoms. The lowest BCUT2D eigenvalue weighted by atomic mass is 10.2. The second-order valence-electron chi connectivity index (χ2n) is 7.13. The second kappa shape index (κ2) is 10.5. The van der Waals surface area contributed by atoms with Crippen molar-refractivity contribution in [1.29, 1.82) is 0 Å². The molecule has 0 bridgehead atoms. The van der Waals surface area contributed by atoms with Crippen molar-refractivity contribution in [2.45, 2.75) is 25.2 Å². The van der Waals surface area contributed by atoms with Gasteiger partial charge in [0.15, 0.2) is 11.0 Å². The highest BCUT2D eigenvalue weighted by Gasteiger charge is 2.16. The molecule has 2 heterocycles. The highest BCUT2D eigenvalue weighted by molar-refractivity contribution is 7.99. The third-order valence-electron chi connectivity index (χ3n) is 4.61. The van der Waals surface area contributed by atoms with Crippen LogP contribution in [-0.4, -0.2) is 26.4 Å². The summed E-state index contributed by atoms with van der Waals surface area (Å²) in [6, 6.07) is 15.4. The summed E-state index contributed by atoms with van der Waals surface area (Å²) in [4.78, 5) is 12.4. The fourth-order valence-electron chi connectivity index (χ4n) is 2.93. The van der Waals surface area contributed by atoms with Crippen LogP contribution in [0.25, 0.3) is 0 Å². The molecule has 0 radical (unpaired) electrons. The number of ether oxygens (including phenoxy) is 1. The normalized spacial score (nSPS) is 10.9. The van der Waals surface area contributed by atoms with Gasteiger partial charge in [0.25, 0.3) is 0 Å². The Balaban J connectivity index is 1.44. The molecule has 7 nitrogen and oxygen atoms in total. The summed E-state index contributed by atoms with van der Waals surface area (Å²) in [5.41, 5.74) is 1.56. The maximum absolute atomic E-state index is 13.3. The van der Waals surface area contributed by atoms with Gasteiger partial charge in [0.05, 0.1) is 23.6 Å². The number of thioether (sulfide) groups is 1. The Morgan fingerprint density at radius 2 is 2.03 bits per heavy atom. The van der Waals surface area contributed by atoms with Crippen LogP contribution < -0.4 is 10.1 Å². The van der Waals surface area contributed by atoms with Crippen molar-refractivity contribution in [3.8, 4) is 5.75 Å². The average Bonchev–Trinajstić information content (AvgIpc) is 3.45. The fraction of sp³-hybridized carbons (Fsp3) is 0.174. The zero-order valence-electron chi connectivity index (χ0n) is 17.6. The molecule has 0 aliphatic carbocycles. The number of carbonyl (C=O) groups is 1. The van der Waals surface area contributed by atoms with Crippen molar-refractivity contribution in [2.75, 3.05) is 11.1 Å². The van der Waals surface area contributed by atoms with Crippen LogP contribution in [0.1, 0.15) is 17.1 Å². The molecule has 0 saturated heterocycles. The lowest BCUT2D eigenvalue weighted by Crippen LogP contribution is -2.15. The standard InChI is InChI=1S/C23H20ClFN4O3S/c1-15-4-7-17(8-5-15)32-13-21-27-28-23(29(21)12-18-3-2-10-31-18)33-14-22(30)26-16-6-9-20(25)19(24)11-16/h2-11H,12-14H2,1H3,(H,26,30). The van der Waals surface area contributed by atoms with E-state index in [1.807, 2.05) is 41.8 Å². The van der Waals surface area contributed by atoms with Crippen LogP contribution in [0.15, 0.2) is 70.4 Å². The van der Waals surface area contributed by atoms with Crippen LogP contribution in [0.4, 0.5) is 10.1 Å². The average molecular weight is 487 g/mol. The number of amides is 1. The Labute approximate surface area is 198 Å². The van der Waals surface area contributed by atoms with Crippen molar-refractivity contribution >= 4 is 35.0 Å². The van der Waals surface area contributed by atoms with Crippen molar-refractivity contribution in [3.63, 3.8) is 0 Å². The maximum atomic E-state index is 13.3. The van der Waals surface area contributed by atoms with Crippen LogP contribution in [-0.2, 0) is 17.9 Å². The minimum atomic E-state index is -0.546. The summed E-state index contributed by atoms with van der Waals surface area (Å²) in [7, 11) is 0. The lowest BCUT2D eigenvalue weighted by molar-refractivity contribution is -0.113. The number of anilines is 1. The number of aromatic nitrogens is 3. The Morgan fingerprint density at radius 3 is 2.76 bits per heavy atom. The van der Waals surface area contributed by atoms with E-state index in [4.69, 9.17) is 20.8 Å². The molecular weight excluding hydrogens is 467 g/mol. The van der Waals surface area contributed by atoms with E-state index in [0.717, 1.165) is 17.1 Å². The molecule has 10 heteroatoms. The summed E-state index contributed by atoms with van der Waals surface area (Å²) in [6.07, 6.45) is 1.59. The predicted molar refractivity (Wildman–Crippen MR) is 124 cm³/mol. The predicted octanol–water partition coefficient (Wildman–Crippen LogP) is 5.33. The molecule has 0 unspecified atom stereocenters. The summed E-state index contributed by atoms with van der Waals surface area (Å²) in [6.45, 7) is 2.61. The van der Waals surface area contributed by atoms with Crippen LogP contribution in [0.3, 0.4) is 0 Å². The number of benzene rings is 2. The van der Waals surface area contributed by atoms with Gasteiger partial charge in [-0.3, -0.25) is 9.36 Å². The van der Waals surface area contributed by atoms with Crippen LogP contribution in [0.2, 0.25) is 5.02 Å². The maximum Gasteiger partial charge on any atom is 0.234 e. The summed E-state index contributed by atoms with van der Waals surface area (Å²) < 4.78 is 26.5. The van der Waals surface area contributed by atoms with E-state index in [0.29, 0.717) is 23.2 Å². The Kier molecular flexibility index (Phi) is 7.31. The molecule has 0 aliphatic heterocycles. The largest absolute Gasteiger partial charge is 0.486 e. The van der Waals surface area contributed by atoms with Gasteiger partial charge in [0.2, 0.25) is 5.91 Å². The minimum Gasteiger partial charge on any atom is -0.486 e. The van der Waals surface area contributed by atoms with Gasteiger partial charge in [0.1, 0.15) is 23.9 Å². The molecule has 0 spiro atoms. The highest BCUT2D eigenvalue weighted by atomic mass is 35.5. The number of rotatable bonds is 9. The fourth-order valence-corrected chi connectivity index (χ4v) is 3.87. The van der Waals surface area contributed by atoms with E-state index >= 15 is 0 Å². The molecule has 0 aliphatic rings. The smallest absolute Gasteiger partial charge is 0.234 e. The first-order chi connectivity index (χ1) is 16.0. The monoisotopic (exact) mass is 486 g/mol. The molecule has 1 amide bonds. The van der Waals surface area contributed by atoms with E-state index in [1.54, 1.807) is 12.3 Å². The number of hydrogen-bond acceptors (Lipinski definition) is 6. The van der Waals surface area contributed by atoms with E-state index in [2.05, 4.69) is 15.5 Å². The number of aryl methyl sites for hydroxylation is 1. The lowest BCUT2D eigenvalue weighted by Gasteiger charge is -2.10. The van der Waals surface area contributed by atoms with Crippen molar-refractivity contribution < 1.29 is 18.3 Å². The number of nitrogens with one attached hydrogen (secondary N) is 1. The molecule has 0 atom stereocenters. The molecule has 0 fully saturated rings. The summed E-state index contributed by atoms with van der Waals surface area (Å²) in [5.74, 6) is 1.28. The van der Waals surface area contributed by atoms with Crippen molar-refractivity contribution in [3.05, 3.63) is 88.8 Å². The Hall–Kier alpha value is -3.30. The molecule has 4 aromatic rings. The number of furan rings is 1. The Morgan fingerprint density at radius 1 is 1.21 bits per heavy atom. The first-order valence-corrected chi connectivity index (χ1v) is 11.4. The zero-order valence-corrected chi connectivity index (χ0v) is 19.2. The van der Waals surface area contributed by atoms with Gasteiger partial charge in [-0.1, -0.05) is 41.1 Å². The van der Waals surface area contributed by atoms with Gasteiger partial charge < -0.3 is 14.5 Å². The molecular formula is C23H20ClFN4O3S.